The van der Waals surface area contributed by atoms with Crippen LogP contribution < -0.4 is 11.3 Å². The van der Waals surface area contributed by atoms with Crippen molar-refractivity contribution in [3.63, 3.8) is 0 Å². The molecule has 162 valence electrons. The summed E-state index contributed by atoms with van der Waals surface area (Å²) in [5.74, 6) is 1.00. The number of nitrogens with one attached hydrogen (secondary N) is 1. The Labute approximate surface area is 198 Å². The summed E-state index contributed by atoms with van der Waals surface area (Å²) in [6.45, 7) is 0.376. The number of anilines is 1. The third-order valence-electron chi connectivity index (χ3n) is 4.46. The number of rotatable bonds is 6. The molecule has 1 aromatic carbocycles. The van der Waals surface area contributed by atoms with Crippen LogP contribution in [0.4, 0.5) is 5.82 Å². The molecule has 3 aromatic rings. The molecule has 2 heterocycles. The Kier molecular flexibility index (Phi) is 7.69. The zero-order valence-electron chi connectivity index (χ0n) is 17.0. The maximum absolute atomic E-state index is 12.9. The number of aromatic nitrogens is 3. The second kappa shape index (κ2) is 10.3. The Morgan fingerprint density at radius 3 is 2.58 bits per heavy atom. The van der Waals surface area contributed by atoms with E-state index in [0.29, 0.717) is 41.1 Å². The van der Waals surface area contributed by atoms with Crippen molar-refractivity contribution in [1.29, 1.82) is 0 Å². The first kappa shape index (κ1) is 23.2. The minimum atomic E-state index is -0.353. The fourth-order valence-electron chi connectivity index (χ4n) is 3.07. The number of nitrogens with two attached hydrogens (primary N) is 1. The molecule has 0 fully saturated rings. The molecule has 31 heavy (non-hydrogen) atoms. The number of hydrogen-bond donors (Lipinski definition) is 2. The van der Waals surface area contributed by atoms with Gasteiger partial charge in [0, 0.05) is 54.0 Å². The van der Waals surface area contributed by atoms with Crippen LogP contribution in [0.1, 0.15) is 22.5 Å². The molecule has 0 saturated heterocycles. The van der Waals surface area contributed by atoms with Crippen molar-refractivity contribution in [2.24, 2.45) is 4.99 Å². The minimum absolute atomic E-state index is 0.116. The minimum Gasteiger partial charge on any atom is -0.383 e. The molecule has 10 heteroatoms. The summed E-state index contributed by atoms with van der Waals surface area (Å²) in [5.41, 5.74) is 7.75. The van der Waals surface area contributed by atoms with E-state index in [0.717, 1.165) is 15.6 Å². The zero-order chi connectivity index (χ0) is 22.5. The van der Waals surface area contributed by atoms with Gasteiger partial charge >= 0.3 is 0 Å². The number of aromatic amines is 1. The Hall–Kier alpha value is -2.42. The number of hydrogen-bond acceptors (Lipinski definition) is 5. The van der Waals surface area contributed by atoms with Gasteiger partial charge in [0.15, 0.2) is 0 Å². The summed E-state index contributed by atoms with van der Waals surface area (Å²) in [4.78, 5) is 30.5. The molecule has 0 amide bonds. The molecule has 0 aliphatic carbocycles. The van der Waals surface area contributed by atoms with Crippen molar-refractivity contribution in [3.05, 3.63) is 84.0 Å². The van der Waals surface area contributed by atoms with E-state index >= 15 is 0 Å². The highest BCUT2D eigenvalue weighted by atomic mass is 79.9. The fourth-order valence-corrected chi connectivity index (χ4v) is 4.07. The van der Waals surface area contributed by atoms with Gasteiger partial charge in [-0.15, -0.1) is 0 Å². The molecule has 2 aromatic heterocycles. The van der Waals surface area contributed by atoms with Crippen molar-refractivity contribution >= 4 is 50.8 Å². The molecule has 0 spiro atoms. The summed E-state index contributed by atoms with van der Waals surface area (Å²) < 4.78 is 0.845. The van der Waals surface area contributed by atoms with Gasteiger partial charge in [-0.3, -0.25) is 14.8 Å². The molecule has 3 N–H and O–H groups in total. The van der Waals surface area contributed by atoms with Gasteiger partial charge in [-0.05, 0) is 51.7 Å². The predicted molar refractivity (Wildman–Crippen MR) is 129 cm³/mol. The zero-order valence-corrected chi connectivity index (χ0v) is 20.1. The Morgan fingerprint density at radius 2 is 1.97 bits per heavy atom. The molecule has 0 bridgehead atoms. The van der Waals surface area contributed by atoms with E-state index < -0.39 is 0 Å². The highest BCUT2D eigenvalue weighted by molar-refractivity contribution is 9.10. The van der Waals surface area contributed by atoms with Gasteiger partial charge in [0.1, 0.15) is 23.0 Å². The van der Waals surface area contributed by atoms with E-state index in [4.69, 9.17) is 28.9 Å². The van der Waals surface area contributed by atoms with E-state index in [1.54, 1.807) is 49.6 Å². The van der Waals surface area contributed by atoms with E-state index in [-0.39, 0.29) is 16.9 Å². The normalized spacial score (nSPS) is 11.6. The van der Waals surface area contributed by atoms with Crippen LogP contribution in [0.5, 0.6) is 0 Å². The smallest absolute Gasteiger partial charge is 0.264 e. The van der Waals surface area contributed by atoms with Crippen molar-refractivity contribution in [1.82, 2.24) is 19.9 Å². The van der Waals surface area contributed by atoms with E-state index in [9.17, 15) is 4.79 Å². The largest absolute Gasteiger partial charge is 0.383 e. The number of benzene rings is 1. The molecule has 0 saturated carbocycles. The number of nitrogens with zero attached hydrogens (tertiary/aromatic N) is 4. The Bertz CT molecular complexity index is 1160. The van der Waals surface area contributed by atoms with Gasteiger partial charge < -0.3 is 15.6 Å². The third kappa shape index (κ3) is 5.84. The summed E-state index contributed by atoms with van der Waals surface area (Å²) in [6, 6.07) is 7.26. The third-order valence-corrected chi connectivity index (χ3v) is 5.60. The average molecular weight is 524 g/mol. The lowest BCUT2D eigenvalue weighted by Gasteiger charge is -2.17. The predicted octanol–water partition coefficient (Wildman–Crippen LogP) is 3.96. The Balaban J connectivity index is 1.87. The summed E-state index contributed by atoms with van der Waals surface area (Å²) >= 11 is 15.8. The number of H-pyrrole nitrogens is 1. The van der Waals surface area contributed by atoms with E-state index in [1.165, 1.54) is 0 Å². The van der Waals surface area contributed by atoms with Crippen LogP contribution in [-0.2, 0) is 12.8 Å². The monoisotopic (exact) mass is 522 g/mol. The molecule has 3 rings (SSSR count). The molecule has 0 aliphatic rings. The van der Waals surface area contributed by atoms with Crippen LogP contribution in [0.2, 0.25) is 10.0 Å². The van der Waals surface area contributed by atoms with Gasteiger partial charge in [-0.25, -0.2) is 4.98 Å². The van der Waals surface area contributed by atoms with Crippen LogP contribution in [0.25, 0.3) is 0 Å². The number of amidine groups is 1. The molecule has 0 radical (unpaired) electrons. The van der Waals surface area contributed by atoms with Crippen LogP contribution in [0.3, 0.4) is 0 Å². The molecule has 0 atom stereocenters. The average Bonchev–Trinajstić information content (AvgIpc) is 2.68. The highest BCUT2D eigenvalue weighted by Crippen LogP contribution is 2.24. The molecular weight excluding hydrogens is 503 g/mol. The van der Waals surface area contributed by atoms with Crippen LogP contribution in [0.15, 0.2) is 50.9 Å². The Morgan fingerprint density at radius 1 is 1.26 bits per heavy atom. The number of aliphatic imine (C=N–C) groups is 1. The van der Waals surface area contributed by atoms with Crippen LogP contribution in [-0.4, -0.2) is 46.3 Å². The second-order valence-electron chi connectivity index (χ2n) is 7.01. The first-order valence-electron chi connectivity index (χ1n) is 9.39. The lowest BCUT2D eigenvalue weighted by Crippen LogP contribution is -2.32. The van der Waals surface area contributed by atoms with Gasteiger partial charge in [-0.1, -0.05) is 29.3 Å². The number of nitrogen functional groups attached to an aromatic ring is 1. The molecular formula is C21H21BrCl2N6O. The van der Waals surface area contributed by atoms with Gasteiger partial charge in [0.2, 0.25) is 0 Å². The topological polar surface area (TPSA) is 100 Å². The van der Waals surface area contributed by atoms with Crippen LogP contribution >= 0.6 is 39.1 Å². The van der Waals surface area contributed by atoms with Gasteiger partial charge in [0.25, 0.3) is 5.56 Å². The first-order valence-corrected chi connectivity index (χ1v) is 10.9. The fraction of sp³-hybridized carbons (Fsp3) is 0.238. The van der Waals surface area contributed by atoms with Crippen molar-refractivity contribution < 1.29 is 0 Å². The van der Waals surface area contributed by atoms with E-state index in [2.05, 4.69) is 35.9 Å². The standard InChI is InChI=1S/C21H21BrCl2N6O/c1-30(2)20(27-7-6-14-15(23)4-3-5-16(14)24)18-19(25)28-17(29-21(18)31)9-12-8-13(22)11-26-10-12/h3-5,8,10-11H,6-7,9H2,1-2H3,(H3,25,28,29,31)/b27-20+. The first-order chi connectivity index (χ1) is 14.8. The maximum atomic E-state index is 12.9. The highest BCUT2D eigenvalue weighted by Gasteiger charge is 2.18. The van der Waals surface area contributed by atoms with Crippen molar-refractivity contribution in [2.45, 2.75) is 12.8 Å². The quantitative estimate of drug-likeness (QED) is 0.376. The second-order valence-corrected chi connectivity index (χ2v) is 8.74. The summed E-state index contributed by atoms with van der Waals surface area (Å²) in [5, 5.41) is 1.17. The lowest BCUT2D eigenvalue weighted by molar-refractivity contribution is 0.617. The SMILES string of the molecule is CN(C)/C(=N/CCc1c(Cl)cccc1Cl)c1c(N)nc(Cc2cncc(Br)c2)[nH]c1=O. The van der Waals surface area contributed by atoms with Crippen molar-refractivity contribution in [3.8, 4) is 0 Å². The lowest BCUT2D eigenvalue weighted by atomic mass is 10.1. The summed E-state index contributed by atoms with van der Waals surface area (Å²) in [6.07, 6.45) is 4.31. The number of pyridine rings is 1. The summed E-state index contributed by atoms with van der Waals surface area (Å²) in [7, 11) is 3.59. The van der Waals surface area contributed by atoms with Gasteiger partial charge in [0.05, 0.1) is 0 Å². The van der Waals surface area contributed by atoms with Gasteiger partial charge in [-0.2, -0.15) is 0 Å². The van der Waals surface area contributed by atoms with Crippen LogP contribution in [0, 0.1) is 0 Å². The molecule has 0 aliphatic heterocycles. The maximum Gasteiger partial charge on any atom is 0.264 e. The van der Waals surface area contributed by atoms with Crippen molar-refractivity contribution in [2.75, 3.05) is 26.4 Å². The number of halogens is 3. The molecule has 0 unspecified atom stereocenters. The van der Waals surface area contributed by atoms with E-state index in [1.807, 2.05) is 6.07 Å². The molecule has 7 nitrogen and oxygen atoms in total.